The molecule has 1 aromatic heterocycles. The molecule has 3 aromatic rings. The zero-order valence-electron chi connectivity index (χ0n) is 21.8. The molecule has 37 heavy (non-hydrogen) atoms. The van der Waals surface area contributed by atoms with Crippen LogP contribution in [-0.2, 0) is 13.0 Å². The minimum absolute atomic E-state index is 0.132. The van der Waals surface area contributed by atoms with E-state index in [1.165, 1.54) is 5.69 Å². The lowest BCUT2D eigenvalue weighted by Crippen LogP contribution is -2.46. The Morgan fingerprint density at radius 2 is 1.81 bits per heavy atom. The lowest BCUT2D eigenvalue weighted by atomic mass is 10.1. The van der Waals surface area contributed by atoms with Crippen LogP contribution in [0.5, 0.6) is 5.75 Å². The summed E-state index contributed by atoms with van der Waals surface area (Å²) in [6.07, 6.45) is 3.67. The number of para-hydroxylation sites is 2. The van der Waals surface area contributed by atoms with Gasteiger partial charge in [-0.2, -0.15) is 0 Å². The topological polar surface area (TPSA) is 75.5 Å². The van der Waals surface area contributed by atoms with E-state index in [1.54, 1.807) is 7.11 Å². The lowest BCUT2D eigenvalue weighted by Gasteiger charge is -2.36. The van der Waals surface area contributed by atoms with Gasteiger partial charge >= 0.3 is 0 Å². The van der Waals surface area contributed by atoms with Crippen LogP contribution in [0.1, 0.15) is 47.9 Å². The van der Waals surface area contributed by atoms with E-state index in [9.17, 15) is 4.79 Å². The maximum atomic E-state index is 12.9. The number of rotatable bonds is 12. The number of hydrogen-bond donors (Lipinski definition) is 1. The van der Waals surface area contributed by atoms with Gasteiger partial charge in [0.05, 0.1) is 25.0 Å². The number of ether oxygens (including phenoxy) is 1. The van der Waals surface area contributed by atoms with Crippen molar-refractivity contribution in [3.63, 3.8) is 0 Å². The number of hydrogen-bond acceptors (Lipinski definition) is 6. The molecular formula is C28H37BrN6O2. The third-order valence-corrected chi connectivity index (χ3v) is 7.58. The highest BCUT2D eigenvalue weighted by atomic mass is 79.9. The number of methoxy groups -OCH3 is 1. The van der Waals surface area contributed by atoms with Crippen LogP contribution >= 0.6 is 15.9 Å². The van der Waals surface area contributed by atoms with Gasteiger partial charge in [0, 0.05) is 37.2 Å². The molecule has 0 saturated carbocycles. The molecule has 1 fully saturated rings. The second kappa shape index (κ2) is 13.6. The van der Waals surface area contributed by atoms with E-state index < -0.39 is 0 Å². The molecule has 2 heterocycles. The van der Waals surface area contributed by atoms with Crippen LogP contribution in [0.15, 0.2) is 53.0 Å². The molecule has 0 atom stereocenters. The summed E-state index contributed by atoms with van der Waals surface area (Å²) in [7, 11) is 1.73. The van der Waals surface area contributed by atoms with Gasteiger partial charge in [0.2, 0.25) is 0 Å². The monoisotopic (exact) mass is 568 g/mol. The molecule has 1 aliphatic heterocycles. The summed E-state index contributed by atoms with van der Waals surface area (Å²) in [6, 6.07) is 16.3. The number of anilines is 1. The lowest BCUT2D eigenvalue weighted by molar-refractivity contribution is 0.0946. The molecule has 0 radical (unpaired) electrons. The first kappa shape index (κ1) is 27.1. The number of amides is 1. The first-order valence-corrected chi connectivity index (χ1v) is 13.9. The zero-order chi connectivity index (χ0) is 26.0. The van der Waals surface area contributed by atoms with Gasteiger partial charge in [-0.05, 0) is 49.6 Å². The molecule has 1 N–H and O–H groups in total. The van der Waals surface area contributed by atoms with Crippen molar-refractivity contribution in [1.29, 1.82) is 0 Å². The second-order valence-corrected chi connectivity index (χ2v) is 10.2. The number of aromatic nitrogens is 3. The van der Waals surface area contributed by atoms with Gasteiger partial charge in [-0.25, -0.2) is 4.68 Å². The molecule has 0 aliphatic carbocycles. The minimum Gasteiger partial charge on any atom is -0.495 e. The van der Waals surface area contributed by atoms with E-state index in [1.807, 2.05) is 35.0 Å². The van der Waals surface area contributed by atoms with Crippen LogP contribution in [-0.4, -0.2) is 72.2 Å². The Bertz CT molecular complexity index is 1160. The van der Waals surface area contributed by atoms with Gasteiger partial charge in [0.1, 0.15) is 5.75 Å². The second-order valence-electron chi connectivity index (χ2n) is 9.35. The standard InChI is InChI=1S/C28H37BrN6O2/c1-3-10-25-27(31-32-35(25)21-22-11-4-5-12-23(22)29)28(36)30-15-8-9-16-33-17-19-34(20-18-33)24-13-6-7-14-26(24)37-2/h4-7,11-14H,3,8-10,15-21H2,1-2H3,(H,30,36). The smallest absolute Gasteiger partial charge is 0.273 e. The molecule has 8 nitrogen and oxygen atoms in total. The molecule has 0 bridgehead atoms. The number of nitrogens with zero attached hydrogens (tertiary/aromatic N) is 5. The molecule has 4 rings (SSSR count). The fraction of sp³-hybridized carbons (Fsp3) is 0.464. The van der Waals surface area contributed by atoms with E-state index >= 15 is 0 Å². The first-order chi connectivity index (χ1) is 18.1. The molecule has 9 heteroatoms. The number of piperazine rings is 1. The number of halogens is 1. The van der Waals surface area contributed by atoms with E-state index in [0.717, 1.165) is 79.9 Å². The predicted molar refractivity (Wildman–Crippen MR) is 150 cm³/mol. The van der Waals surface area contributed by atoms with Crippen molar-refractivity contribution < 1.29 is 9.53 Å². The van der Waals surface area contributed by atoms with E-state index in [2.05, 4.69) is 66.5 Å². The van der Waals surface area contributed by atoms with Crippen molar-refractivity contribution in [2.45, 2.75) is 39.2 Å². The van der Waals surface area contributed by atoms with E-state index in [4.69, 9.17) is 4.74 Å². The Morgan fingerprint density at radius 3 is 2.57 bits per heavy atom. The highest BCUT2D eigenvalue weighted by molar-refractivity contribution is 9.10. The molecule has 1 aliphatic rings. The largest absolute Gasteiger partial charge is 0.495 e. The number of carbonyl (C=O) groups excluding carboxylic acids is 1. The van der Waals surface area contributed by atoms with E-state index in [-0.39, 0.29) is 5.91 Å². The van der Waals surface area contributed by atoms with Crippen LogP contribution in [0.2, 0.25) is 0 Å². The third kappa shape index (κ3) is 7.11. The van der Waals surface area contributed by atoms with Crippen molar-refractivity contribution in [3.8, 4) is 5.75 Å². The van der Waals surface area contributed by atoms with Crippen LogP contribution in [0.25, 0.3) is 0 Å². The maximum absolute atomic E-state index is 12.9. The van der Waals surface area contributed by atoms with Gasteiger partial charge in [0.15, 0.2) is 5.69 Å². The highest BCUT2D eigenvalue weighted by Gasteiger charge is 2.21. The Balaban J connectivity index is 1.20. The predicted octanol–water partition coefficient (Wildman–Crippen LogP) is 4.38. The number of carbonyl (C=O) groups is 1. The summed E-state index contributed by atoms with van der Waals surface area (Å²) in [5.74, 6) is 0.800. The molecule has 2 aromatic carbocycles. The number of unbranched alkanes of at least 4 members (excludes halogenated alkanes) is 1. The quantitative estimate of drug-likeness (QED) is 0.327. The average molecular weight is 570 g/mol. The average Bonchev–Trinajstić information content (AvgIpc) is 3.32. The third-order valence-electron chi connectivity index (χ3n) is 6.80. The van der Waals surface area contributed by atoms with Crippen molar-refractivity contribution >= 4 is 27.5 Å². The Hall–Kier alpha value is -2.91. The summed E-state index contributed by atoms with van der Waals surface area (Å²) in [5, 5.41) is 11.6. The van der Waals surface area contributed by atoms with Gasteiger partial charge < -0.3 is 15.0 Å². The SMILES string of the molecule is CCCc1c(C(=O)NCCCCN2CCN(c3ccccc3OC)CC2)nnn1Cc1ccccc1Br. The minimum atomic E-state index is -0.132. The van der Waals surface area contributed by atoms with Gasteiger partial charge in [-0.3, -0.25) is 9.69 Å². The zero-order valence-corrected chi connectivity index (χ0v) is 23.4. The Labute approximate surface area is 228 Å². The normalized spacial score (nSPS) is 14.1. The summed E-state index contributed by atoms with van der Waals surface area (Å²) in [4.78, 5) is 17.8. The summed E-state index contributed by atoms with van der Waals surface area (Å²) >= 11 is 3.60. The van der Waals surface area contributed by atoms with Crippen molar-refractivity contribution in [2.24, 2.45) is 0 Å². The van der Waals surface area contributed by atoms with Gasteiger partial charge in [-0.1, -0.05) is 64.8 Å². The van der Waals surface area contributed by atoms with Crippen LogP contribution < -0.4 is 15.0 Å². The number of benzene rings is 2. The van der Waals surface area contributed by atoms with Crippen molar-refractivity contribution in [1.82, 2.24) is 25.2 Å². The Kier molecular flexibility index (Phi) is 9.96. The van der Waals surface area contributed by atoms with Crippen molar-refractivity contribution in [3.05, 3.63) is 70.0 Å². The van der Waals surface area contributed by atoms with E-state index in [0.29, 0.717) is 18.8 Å². The fourth-order valence-electron chi connectivity index (χ4n) is 4.76. The molecule has 1 amide bonds. The maximum Gasteiger partial charge on any atom is 0.273 e. The molecule has 0 spiro atoms. The van der Waals surface area contributed by atoms with Gasteiger partial charge in [0.25, 0.3) is 5.91 Å². The van der Waals surface area contributed by atoms with Crippen LogP contribution in [0.4, 0.5) is 5.69 Å². The summed E-state index contributed by atoms with van der Waals surface area (Å²) in [5.41, 5.74) is 3.62. The first-order valence-electron chi connectivity index (χ1n) is 13.1. The van der Waals surface area contributed by atoms with Gasteiger partial charge in [-0.15, -0.1) is 5.10 Å². The fourth-order valence-corrected chi connectivity index (χ4v) is 5.17. The Morgan fingerprint density at radius 1 is 1.05 bits per heavy atom. The molecule has 0 unspecified atom stereocenters. The molecule has 198 valence electrons. The number of nitrogens with one attached hydrogen (secondary N) is 1. The molecule has 1 saturated heterocycles. The summed E-state index contributed by atoms with van der Waals surface area (Å²) < 4.78 is 8.40. The van der Waals surface area contributed by atoms with Crippen molar-refractivity contribution in [2.75, 3.05) is 51.3 Å². The highest BCUT2D eigenvalue weighted by Crippen LogP contribution is 2.28. The summed E-state index contributed by atoms with van der Waals surface area (Å²) in [6.45, 7) is 8.42. The molecular weight excluding hydrogens is 532 g/mol. The van der Waals surface area contributed by atoms with Crippen LogP contribution in [0.3, 0.4) is 0 Å². The van der Waals surface area contributed by atoms with Crippen LogP contribution in [0, 0.1) is 0 Å².